The summed E-state index contributed by atoms with van der Waals surface area (Å²) in [6.45, 7) is 9.02. The average Bonchev–Trinajstić information content (AvgIpc) is 2.13. The molecule has 0 bridgehead atoms. The van der Waals surface area contributed by atoms with Crippen molar-refractivity contribution >= 4 is 23.9 Å². The Morgan fingerprint density at radius 1 is 1.29 bits per heavy atom. The van der Waals surface area contributed by atoms with Crippen LogP contribution < -0.4 is 0 Å². The van der Waals surface area contributed by atoms with Crippen LogP contribution in [0.1, 0.15) is 34.6 Å². The molecule has 0 aliphatic carbocycles. The van der Waals surface area contributed by atoms with Crippen molar-refractivity contribution in [3.63, 3.8) is 0 Å². The zero-order chi connectivity index (χ0) is 13.6. The van der Waals surface area contributed by atoms with Crippen LogP contribution in [0.15, 0.2) is 0 Å². The molecule has 102 valence electrons. The molecule has 0 radical (unpaired) electrons. The fourth-order valence-corrected chi connectivity index (χ4v) is 4.30. The van der Waals surface area contributed by atoms with Crippen molar-refractivity contribution in [2.75, 3.05) is 19.0 Å². The molecule has 0 N–H and O–H groups in total. The molecule has 0 saturated carbocycles. The number of hydrogen-bond donors (Lipinski definition) is 0. The molecule has 1 atom stereocenters. The van der Waals surface area contributed by atoms with Gasteiger partial charge in [0.25, 0.3) is 6.57 Å². The van der Waals surface area contributed by atoms with Crippen molar-refractivity contribution in [1.82, 2.24) is 4.90 Å². The summed E-state index contributed by atoms with van der Waals surface area (Å²) in [5, 5.41) is 0. The smallest absolute Gasteiger partial charge is 0.255 e. The van der Waals surface area contributed by atoms with Crippen LogP contribution in [0.4, 0.5) is 0 Å². The fourth-order valence-electron chi connectivity index (χ4n) is 1.69. The van der Waals surface area contributed by atoms with Crippen molar-refractivity contribution in [3.05, 3.63) is 0 Å². The topological polar surface area (TPSA) is 46.6 Å². The van der Waals surface area contributed by atoms with Gasteiger partial charge in [0.2, 0.25) is 5.91 Å². The van der Waals surface area contributed by atoms with E-state index in [9.17, 15) is 9.36 Å². The van der Waals surface area contributed by atoms with E-state index in [0.717, 1.165) is 11.4 Å². The summed E-state index contributed by atoms with van der Waals surface area (Å²) < 4.78 is 17.0. The van der Waals surface area contributed by atoms with Crippen LogP contribution in [0, 0.1) is 0 Å². The molecular formula is C11H24NO3PS. The lowest BCUT2D eigenvalue weighted by Crippen LogP contribution is -2.43. The highest BCUT2D eigenvalue weighted by molar-refractivity contribution is 8.56. The van der Waals surface area contributed by atoms with Crippen LogP contribution >= 0.6 is 18.0 Å². The highest BCUT2D eigenvalue weighted by Crippen LogP contribution is 2.55. The quantitative estimate of drug-likeness (QED) is 0.672. The molecule has 6 heteroatoms. The van der Waals surface area contributed by atoms with Gasteiger partial charge >= 0.3 is 0 Å². The summed E-state index contributed by atoms with van der Waals surface area (Å²) in [5.41, 5.74) is 0. The van der Waals surface area contributed by atoms with E-state index in [1.807, 2.05) is 27.7 Å². The van der Waals surface area contributed by atoms with Crippen LogP contribution in [0.5, 0.6) is 0 Å². The molecule has 0 spiro atoms. The Balaban J connectivity index is 4.39. The van der Waals surface area contributed by atoms with Gasteiger partial charge in [0, 0.05) is 18.7 Å². The van der Waals surface area contributed by atoms with Crippen molar-refractivity contribution in [3.8, 4) is 0 Å². The lowest BCUT2D eigenvalue weighted by molar-refractivity contribution is -0.131. The fraction of sp³-hybridized carbons (Fsp3) is 0.909. The van der Waals surface area contributed by atoms with Crippen LogP contribution in [0.2, 0.25) is 0 Å². The van der Waals surface area contributed by atoms with E-state index in [4.69, 9.17) is 4.52 Å². The first-order valence-electron chi connectivity index (χ1n) is 5.89. The van der Waals surface area contributed by atoms with E-state index in [2.05, 4.69) is 0 Å². The molecular weight excluding hydrogens is 257 g/mol. The van der Waals surface area contributed by atoms with E-state index < -0.39 is 6.57 Å². The third-order valence-electron chi connectivity index (χ3n) is 2.19. The van der Waals surface area contributed by atoms with E-state index in [1.54, 1.807) is 18.5 Å². The summed E-state index contributed by atoms with van der Waals surface area (Å²) in [4.78, 5) is 13.8. The van der Waals surface area contributed by atoms with Gasteiger partial charge in [0.05, 0.1) is 12.4 Å². The molecule has 1 amide bonds. The summed E-state index contributed by atoms with van der Waals surface area (Å²) >= 11 is 1.12. The predicted octanol–water partition coefficient (Wildman–Crippen LogP) is 3.22. The third kappa shape index (κ3) is 6.49. The number of carbonyl (C=O) groups is 1. The Hall–Kier alpha value is 0.0100. The molecule has 0 aliphatic heterocycles. The number of amides is 1. The maximum absolute atomic E-state index is 12.0. The van der Waals surface area contributed by atoms with Crippen LogP contribution in [0.25, 0.3) is 0 Å². The van der Waals surface area contributed by atoms with Gasteiger partial charge in [-0.3, -0.25) is 9.36 Å². The number of carbonyl (C=O) groups excluding carboxylic acids is 1. The summed E-state index contributed by atoms with van der Waals surface area (Å²) in [6, 6.07) is 0.317. The Morgan fingerprint density at radius 3 is 2.12 bits per heavy atom. The van der Waals surface area contributed by atoms with Crippen molar-refractivity contribution in [2.24, 2.45) is 0 Å². The van der Waals surface area contributed by atoms with Crippen LogP contribution in [-0.2, 0) is 13.9 Å². The van der Waals surface area contributed by atoms with Gasteiger partial charge in [-0.2, -0.15) is 0 Å². The summed E-state index contributed by atoms with van der Waals surface area (Å²) in [7, 11) is 0. The molecule has 0 aromatic heterocycles. The minimum atomic E-state index is -2.68. The maximum Gasteiger partial charge on any atom is 0.255 e. The lowest BCUT2D eigenvalue weighted by atomic mass is 10.2. The van der Waals surface area contributed by atoms with Gasteiger partial charge in [-0.05, 0) is 34.6 Å². The van der Waals surface area contributed by atoms with Gasteiger partial charge in [-0.1, -0.05) is 11.4 Å². The van der Waals surface area contributed by atoms with Gasteiger partial charge in [-0.25, -0.2) is 0 Å². The monoisotopic (exact) mass is 281 g/mol. The third-order valence-corrected chi connectivity index (χ3v) is 5.87. The van der Waals surface area contributed by atoms with E-state index >= 15 is 0 Å². The first-order chi connectivity index (χ1) is 7.71. The van der Waals surface area contributed by atoms with E-state index in [-0.39, 0.29) is 23.7 Å². The first-order valence-corrected chi connectivity index (χ1v) is 9.55. The minimum Gasteiger partial charge on any atom is -0.337 e. The Bertz CT molecular complexity index is 286. The van der Waals surface area contributed by atoms with E-state index in [1.165, 1.54) is 0 Å². The van der Waals surface area contributed by atoms with Crippen molar-refractivity contribution in [2.45, 2.75) is 46.7 Å². The second-order valence-electron chi connectivity index (χ2n) is 4.45. The second-order valence-corrected chi connectivity index (χ2v) is 9.56. The predicted molar refractivity (Wildman–Crippen MR) is 74.7 cm³/mol. The maximum atomic E-state index is 12.0. The summed E-state index contributed by atoms with van der Waals surface area (Å²) in [5.74, 6) is 0.228. The van der Waals surface area contributed by atoms with E-state index in [0.29, 0.717) is 6.61 Å². The molecule has 0 aromatic carbocycles. The van der Waals surface area contributed by atoms with Gasteiger partial charge in [-0.15, -0.1) is 0 Å². The zero-order valence-electron chi connectivity index (χ0n) is 11.6. The van der Waals surface area contributed by atoms with Crippen molar-refractivity contribution in [1.29, 1.82) is 0 Å². The Labute approximate surface area is 109 Å². The first kappa shape index (κ1) is 17.0. The molecule has 0 heterocycles. The SMILES string of the molecule is CCOP(C)(=O)SCC(=O)N(C(C)C)C(C)C. The van der Waals surface area contributed by atoms with Crippen LogP contribution in [0.3, 0.4) is 0 Å². The number of rotatable bonds is 7. The molecule has 0 aromatic rings. The van der Waals surface area contributed by atoms with Gasteiger partial charge < -0.3 is 9.42 Å². The Kier molecular flexibility index (Phi) is 7.45. The molecule has 0 aliphatic rings. The zero-order valence-corrected chi connectivity index (χ0v) is 13.3. The molecule has 17 heavy (non-hydrogen) atoms. The van der Waals surface area contributed by atoms with Gasteiger partial charge in [0.1, 0.15) is 0 Å². The van der Waals surface area contributed by atoms with Crippen molar-refractivity contribution < 1.29 is 13.9 Å². The minimum absolute atomic E-state index is 0.0155. The number of hydrogen-bond acceptors (Lipinski definition) is 4. The normalized spacial score (nSPS) is 15.1. The molecule has 0 saturated heterocycles. The molecule has 0 rings (SSSR count). The standard InChI is InChI=1S/C11H24NO3PS/c1-7-15-16(6,14)17-8-11(13)12(9(2)3)10(4)5/h9-10H,7-8H2,1-6H3. The molecule has 1 unspecified atom stereocenters. The van der Waals surface area contributed by atoms with Crippen LogP contribution in [-0.4, -0.2) is 41.9 Å². The largest absolute Gasteiger partial charge is 0.337 e. The second kappa shape index (κ2) is 7.45. The average molecular weight is 281 g/mol. The molecule has 0 fully saturated rings. The summed E-state index contributed by atoms with van der Waals surface area (Å²) in [6.07, 6.45) is 0. The highest BCUT2D eigenvalue weighted by Gasteiger charge is 2.24. The van der Waals surface area contributed by atoms with Gasteiger partial charge in [0.15, 0.2) is 0 Å². The molecule has 4 nitrogen and oxygen atoms in total. The lowest BCUT2D eigenvalue weighted by Gasteiger charge is -2.31. The highest BCUT2D eigenvalue weighted by atomic mass is 32.7. The number of nitrogens with zero attached hydrogens (tertiary/aromatic N) is 1. The Morgan fingerprint density at radius 2 is 1.76 bits per heavy atom.